The SMILES string of the molecule is CN1CCCC1.O=C(c1ccc(OCc2c(F)cccc2F)cc1)N1CCCC1. The van der Waals surface area contributed by atoms with Crippen LogP contribution in [0.1, 0.15) is 41.6 Å². The molecule has 0 aliphatic carbocycles. The van der Waals surface area contributed by atoms with Gasteiger partial charge >= 0.3 is 0 Å². The van der Waals surface area contributed by atoms with Crippen molar-refractivity contribution in [2.75, 3.05) is 33.2 Å². The van der Waals surface area contributed by atoms with Gasteiger partial charge in [-0.15, -0.1) is 0 Å². The smallest absolute Gasteiger partial charge is 0.253 e. The molecule has 0 saturated carbocycles. The largest absolute Gasteiger partial charge is 0.489 e. The number of carbonyl (C=O) groups excluding carboxylic acids is 1. The third kappa shape index (κ3) is 6.00. The highest BCUT2D eigenvalue weighted by Gasteiger charge is 2.19. The van der Waals surface area contributed by atoms with Gasteiger partial charge in [-0.1, -0.05) is 6.07 Å². The highest BCUT2D eigenvalue weighted by Crippen LogP contribution is 2.19. The Balaban J connectivity index is 0.000000343. The summed E-state index contributed by atoms with van der Waals surface area (Å²) in [6.45, 7) is 4.03. The van der Waals surface area contributed by atoms with E-state index in [-0.39, 0.29) is 18.1 Å². The first-order valence-corrected chi connectivity index (χ1v) is 10.2. The summed E-state index contributed by atoms with van der Waals surface area (Å²) in [5, 5.41) is 0. The van der Waals surface area contributed by atoms with Gasteiger partial charge in [-0.05, 0) is 82.2 Å². The zero-order valence-electron chi connectivity index (χ0n) is 16.9. The monoisotopic (exact) mass is 402 g/mol. The second kappa shape index (κ2) is 10.3. The Labute approximate surface area is 171 Å². The molecule has 2 aromatic carbocycles. The van der Waals surface area contributed by atoms with E-state index in [4.69, 9.17) is 4.74 Å². The number of ether oxygens (including phenoxy) is 1. The van der Waals surface area contributed by atoms with Crippen molar-refractivity contribution in [3.05, 3.63) is 65.2 Å². The van der Waals surface area contributed by atoms with Crippen molar-refractivity contribution in [1.29, 1.82) is 0 Å². The van der Waals surface area contributed by atoms with Crippen LogP contribution in [-0.2, 0) is 6.61 Å². The molecule has 0 atom stereocenters. The molecule has 2 aromatic rings. The highest BCUT2D eigenvalue weighted by molar-refractivity contribution is 5.94. The molecule has 0 radical (unpaired) electrons. The molecule has 2 aliphatic heterocycles. The highest BCUT2D eigenvalue weighted by atomic mass is 19.1. The minimum atomic E-state index is -0.633. The van der Waals surface area contributed by atoms with Gasteiger partial charge < -0.3 is 14.5 Å². The Morgan fingerprint density at radius 1 is 0.897 bits per heavy atom. The van der Waals surface area contributed by atoms with Gasteiger partial charge in [-0.3, -0.25) is 4.79 Å². The third-order valence-corrected chi connectivity index (χ3v) is 5.27. The topological polar surface area (TPSA) is 32.8 Å². The van der Waals surface area contributed by atoms with Gasteiger partial charge in [0, 0.05) is 18.7 Å². The molecule has 2 heterocycles. The molecule has 0 unspecified atom stereocenters. The lowest BCUT2D eigenvalue weighted by atomic mass is 10.2. The fraction of sp³-hybridized carbons (Fsp3) is 0.435. The maximum Gasteiger partial charge on any atom is 0.253 e. The zero-order valence-corrected chi connectivity index (χ0v) is 16.9. The van der Waals surface area contributed by atoms with E-state index in [1.54, 1.807) is 24.3 Å². The second-order valence-corrected chi connectivity index (χ2v) is 7.52. The van der Waals surface area contributed by atoms with Crippen LogP contribution in [0.3, 0.4) is 0 Å². The number of hydrogen-bond donors (Lipinski definition) is 0. The number of carbonyl (C=O) groups is 1. The molecule has 156 valence electrons. The first kappa shape index (κ1) is 21.2. The second-order valence-electron chi connectivity index (χ2n) is 7.52. The number of benzene rings is 2. The Hall–Kier alpha value is -2.47. The van der Waals surface area contributed by atoms with Gasteiger partial charge in [-0.2, -0.15) is 0 Å². The van der Waals surface area contributed by atoms with Gasteiger partial charge in [0.05, 0.1) is 5.56 Å². The van der Waals surface area contributed by atoms with Crippen LogP contribution in [0, 0.1) is 11.6 Å². The van der Waals surface area contributed by atoms with Crippen molar-refractivity contribution < 1.29 is 18.3 Å². The molecule has 4 nitrogen and oxygen atoms in total. The molecule has 0 N–H and O–H groups in total. The lowest BCUT2D eigenvalue weighted by Gasteiger charge is -2.15. The number of halogens is 2. The minimum absolute atomic E-state index is 0.00852. The molecule has 29 heavy (non-hydrogen) atoms. The lowest BCUT2D eigenvalue weighted by Crippen LogP contribution is -2.27. The molecular weight excluding hydrogens is 374 g/mol. The predicted octanol–water partition coefficient (Wildman–Crippen LogP) is 4.49. The van der Waals surface area contributed by atoms with Crippen LogP contribution in [0.15, 0.2) is 42.5 Å². The zero-order chi connectivity index (χ0) is 20.6. The van der Waals surface area contributed by atoms with Gasteiger partial charge in [0.25, 0.3) is 5.91 Å². The Morgan fingerprint density at radius 3 is 1.97 bits per heavy atom. The van der Waals surface area contributed by atoms with Crippen molar-refractivity contribution >= 4 is 5.91 Å². The molecule has 6 heteroatoms. The molecular formula is C23H28F2N2O2. The average molecular weight is 402 g/mol. The van der Waals surface area contributed by atoms with Gasteiger partial charge in [0.2, 0.25) is 0 Å². The van der Waals surface area contributed by atoms with E-state index in [9.17, 15) is 13.6 Å². The average Bonchev–Trinajstić information content (AvgIpc) is 3.42. The number of hydrogen-bond acceptors (Lipinski definition) is 3. The van der Waals surface area contributed by atoms with Crippen LogP contribution in [0.5, 0.6) is 5.75 Å². The molecule has 2 fully saturated rings. The van der Waals surface area contributed by atoms with Crippen LogP contribution >= 0.6 is 0 Å². The van der Waals surface area contributed by atoms with E-state index < -0.39 is 11.6 Å². The molecule has 1 amide bonds. The molecule has 2 saturated heterocycles. The van der Waals surface area contributed by atoms with Crippen LogP contribution in [0.4, 0.5) is 8.78 Å². The van der Waals surface area contributed by atoms with Crippen molar-refractivity contribution in [2.24, 2.45) is 0 Å². The summed E-state index contributed by atoms with van der Waals surface area (Å²) in [4.78, 5) is 16.4. The summed E-state index contributed by atoms with van der Waals surface area (Å²) in [6, 6.07) is 10.3. The summed E-state index contributed by atoms with van der Waals surface area (Å²) >= 11 is 0. The Kier molecular flexibility index (Phi) is 7.58. The van der Waals surface area contributed by atoms with E-state index in [2.05, 4.69) is 11.9 Å². The fourth-order valence-corrected chi connectivity index (χ4v) is 3.50. The summed E-state index contributed by atoms with van der Waals surface area (Å²) in [5.41, 5.74) is 0.487. The van der Waals surface area contributed by atoms with Gasteiger partial charge in [0.15, 0.2) is 0 Å². The van der Waals surface area contributed by atoms with E-state index in [1.807, 2.05) is 4.90 Å². The van der Waals surface area contributed by atoms with E-state index in [1.165, 1.54) is 44.1 Å². The molecule has 0 spiro atoms. The molecule has 2 aliphatic rings. The molecule has 0 aromatic heterocycles. The summed E-state index contributed by atoms with van der Waals surface area (Å²) in [6.07, 6.45) is 4.91. The van der Waals surface area contributed by atoms with E-state index in [0.29, 0.717) is 11.3 Å². The van der Waals surface area contributed by atoms with E-state index in [0.717, 1.165) is 25.9 Å². The van der Waals surface area contributed by atoms with Crippen LogP contribution < -0.4 is 4.74 Å². The maximum absolute atomic E-state index is 13.5. The van der Waals surface area contributed by atoms with Gasteiger partial charge in [-0.25, -0.2) is 8.78 Å². The number of nitrogens with zero attached hydrogens (tertiary/aromatic N) is 2. The minimum Gasteiger partial charge on any atom is -0.489 e. The fourth-order valence-electron chi connectivity index (χ4n) is 3.50. The maximum atomic E-state index is 13.5. The quantitative estimate of drug-likeness (QED) is 0.755. The lowest BCUT2D eigenvalue weighted by molar-refractivity contribution is 0.0793. The molecule has 4 rings (SSSR count). The number of likely N-dealkylation sites (tertiary alicyclic amines) is 2. The number of rotatable bonds is 4. The van der Waals surface area contributed by atoms with Crippen molar-refractivity contribution in [1.82, 2.24) is 9.80 Å². The first-order valence-electron chi connectivity index (χ1n) is 10.2. The van der Waals surface area contributed by atoms with Crippen LogP contribution in [0.2, 0.25) is 0 Å². The normalized spacial score (nSPS) is 16.4. The third-order valence-electron chi connectivity index (χ3n) is 5.27. The summed E-state index contributed by atoms with van der Waals surface area (Å²) in [7, 11) is 2.17. The number of amides is 1. The Bertz CT molecular complexity index is 779. The van der Waals surface area contributed by atoms with Crippen LogP contribution in [-0.4, -0.2) is 48.9 Å². The Morgan fingerprint density at radius 2 is 1.45 bits per heavy atom. The standard InChI is InChI=1S/C18H17F2NO2.C5H11N/c19-16-4-3-5-17(20)15(16)12-23-14-8-6-13(7-9-14)18(22)21-10-1-2-11-21;1-6-4-2-3-5-6/h3-9H,1-2,10-12H2;2-5H2,1H3. The van der Waals surface area contributed by atoms with Crippen molar-refractivity contribution in [3.8, 4) is 5.75 Å². The van der Waals surface area contributed by atoms with Crippen LogP contribution in [0.25, 0.3) is 0 Å². The summed E-state index contributed by atoms with van der Waals surface area (Å²) in [5.74, 6) is -0.795. The molecule has 0 bridgehead atoms. The summed E-state index contributed by atoms with van der Waals surface area (Å²) < 4.78 is 32.5. The predicted molar refractivity (Wildman–Crippen MR) is 109 cm³/mol. The van der Waals surface area contributed by atoms with E-state index >= 15 is 0 Å². The van der Waals surface area contributed by atoms with Crippen molar-refractivity contribution in [2.45, 2.75) is 32.3 Å². The first-order chi connectivity index (χ1) is 14.0. The van der Waals surface area contributed by atoms with Gasteiger partial charge in [0.1, 0.15) is 24.0 Å². The van der Waals surface area contributed by atoms with Crippen molar-refractivity contribution in [3.63, 3.8) is 0 Å².